The molecule has 0 saturated heterocycles. The fraction of sp³-hybridized carbons (Fsp3) is 0.680. The minimum atomic E-state index is 0.244. The predicted octanol–water partition coefficient (Wildman–Crippen LogP) is 4.87. The van der Waals surface area contributed by atoms with Crippen molar-refractivity contribution in [2.24, 2.45) is 11.8 Å². The number of nitrogens with one attached hydrogen (secondary N) is 1. The summed E-state index contributed by atoms with van der Waals surface area (Å²) in [6.07, 6.45) is 13.3. The van der Waals surface area contributed by atoms with Crippen LogP contribution in [0, 0.1) is 18.8 Å². The molecular formula is C25H37N5O2. The van der Waals surface area contributed by atoms with Crippen molar-refractivity contribution in [3.8, 4) is 11.3 Å². The Balaban J connectivity index is 1.35. The second kappa shape index (κ2) is 10.5. The molecule has 0 unspecified atom stereocenters. The second-order valence-corrected chi connectivity index (χ2v) is 9.93. The molecule has 1 N–H and O–H groups in total. The van der Waals surface area contributed by atoms with Crippen molar-refractivity contribution in [2.75, 3.05) is 25.5 Å². The zero-order valence-electron chi connectivity index (χ0n) is 19.8. The Morgan fingerprint density at radius 2 is 1.84 bits per heavy atom. The van der Waals surface area contributed by atoms with Crippen molar-refractivity contribution >= 4 is 11.9 Å². The van der Waals surface area contributed by atoms with Gasteiger partial charge in [-0.1, -0.05) is 24.4 Å². The van der Waals surface area contributed by atoms with Crippen molar-refractivity contribution in [2.45, 2.75) is 77.0 Å². The Labute approximate surface area is 191 Å². The fourth-order valence-corrected chi connectivity index (χ4v) is 5.22. The Morgan fingerprint density at radius 3 is 2.50 bits per heavy atom. The van der Waals surface area contributed by atoms with E-state index in [9.17, 15) is 4.79 Å². The highest BCUT2D eigenvalue weighted by Gasteiger charge is 2.28. The largest absolute Gasteiger partial charge is 0.356 e. The Kier molecular flexibility index (Phi) is 7.43. The number of amides is 1. The number of hydrogen-bond acceptors (Lipinski definition) is 6. The van der Waals surface area contributed by atoms with Crippen LogP contribution in [-0.2, 0) is 4.79 Å². The van der Waals surface area contributed by atoms with Crippen LogP contribution >= 0.6 is 0 Å². The molecule has 0 atom stereocenters. The first-order valence-corrected chi connectivity index (χ1v) is 12.2. The quantitative estimate of drug-likeness (QED) is 0.663. The maximum atomic E-state index is 12.4. The Hall–Kier alpha value is -2.44. The summed E-state index contributed by atoms with van der Waals surface area (Å²) >= 11 is 0. The maximum absolute atomic E-state index is 12.4. The topological polar surface area (TPSA) is 84.2 Å². The zero-order valence-corrected chi connectivity index (χ0v) is 19.8. The predicted molar refractivity (Wildman–Crippen MR) is 125 cm³/mol. The van der Waals surface area contributed by atoms with Crippen molar-refractivity contribution < 1.29 is 9.32 Å². The summed E-state index contributed by atoms with van der Waals surface area (Å²) in [7, 11) is 3.93. The average molecular weight is 440 g/mol. The van der Waals surface area contributed by atoms with Crippen LogP contribution in [0.4, 0.5) is 5.95 Å². The summed E-state index contributed by atoms with van der Waals surface area (Å²) in [6, 6.07) is 1.95. The summed E-state index contributed by atoms with van der Waals surface area (Å²) in [5.74, 6) is 3.21. The normalized spacial score (nSPS) is 22.0. The van der Waals surface area contributed by atoms with E-state index in [4.69, 9.17) is 9.51 Å². The first-order valence-electron chi connectivity index (χ1n) is 12.2. The van der Waals surface area contributed by atoms with Gasteiger partial charge in [-0.25, -0.2) is 9.97 Å². The zero-order chi connectivity index (χ0) is 22.5. The van der Waals surface area contributed by atoms with Crippen molar-refractivity contribution in [1.82, 2.24) is 20.4 Å². The van der Waals surface area contributed by atoms with Gasteiger partial charge < -0.3 is 14.7 Å². The van der Waals surface area contributed by atoms with E-state index in [1.165, 1.54) is 32.1 Å². The second-order valence-electron chi connectivity index (χ2n) is 9.93. The van der Waals surface area contributed by atoms with E-state index in [1.54, 1.807) is 0 Å². The van der Waals surface area contributed by atoms with E-state index in [2.05, 4.69) is 15.5 Å². The molecule has 2 saturated carbocycles. The van der Waals surface area contributed by atoms with E-state index < -0.39 is 0 Å². The summed E-state index contributed by atoms with van der Waals surface area (Å²) in [6.45, 7) is 2.73. The van der Waals surface area contributed by atoms with Crippen LogP contribution in [0.5, 0.6) is 0 Å². The van der Waals surface area contributed by atoms with Crippen LogP contribution in [-0.4, -0.2) is 41.7 Å². The van der Waals surface area contributed by atoms with Gasteiger partial charge in [0, 0.05) is 45.2 Å². The first kappa shape index (κ1) is 22.7. The van der Waals surface area contributed by atoms with Crippen LogP contribution in [0.15, 0.2) is 16.8 Å². The van der Waals surface area contributed by atoms with Gasteiger partial charge in [0.25, 0.3) is 0 Å². The lowest BCUT2D eigenvalue weighted by Crippen LogP contribution is -2.32. The molecule has 0 aromatic carbocycles. The maximum Gasteiger partial charge on any atom is 0.225 e. The van der Waals surface area contributed by atoms with Gasteiger partial charge in [0.1, 0.15) is 0 Å². The van der Waals surface area contributed by atoms with Crippen LogP contribution in [0.1, 0.15) is 81.5 Å². The van der Waals surface area contributed by atoms with E-state index in [0.29, 0.717) is 24.2 Å². The number of rotatable bonds is 7. The highest BCUT2D eigenvalue weighted by Crippen LogP contribution is 2.39. The molecular weight excluding hydrogens is 402 g/mol. The molecule has 2 aliphatic rings. The van der Waals surface area contributed by atoms with Crippen molar-refractivity contribution in [3.05, 3.63) is 23.7 Å². The van der Waals surface area contributed by atoms with E-state index in [1.807, 2.05) is 38.2 Å². The van der Waals surface area contributed by atoms with Gasteiger partial charge in [-0.3, -0.25) is 4.79 Å². The van der Waals surface area contributed by atoms with Gasteiger partial charge in [0.05, 0.1) is 17.0 Å². The molecule has 0 aliphatic heterocycles. The molecule has 0 radical (unpaired) electrons. The molecule has 32 heavy (non-hydrogen) atoms. The molecule has 1 amide bonds. The molecule has 7 heteroatoms. The number of carbonyl (C=O) groups is 1. The van der Waals surface area contributed by atoms with Crippen LogP contribution in [0.3, 0.4) is 0 Å². The van der Waals surface area contributed by atoms with Gasteiger partial charge >= 0.3 is 0 Å². The fourth-order valence-electron chi connectivity index (χ4n) is 5.22. The van der Waals surface area contributed by atoms with Crippen LogP contribution in [0.2, 0.25) is 0 Å². The van der Waals surface area contributed by atoms with Crippen LogP contribution in [0.25, 0.3) is 11.3 Å². The molecule has 2 aliphatic carbocycles. The SMILES string of the molecule is Cc1cc(-c2cnc(N(C)C)nc2C2CCC(CNC(=O)CC3CCCCC3)CC2)on1. The number of carbonyl (C=O) groups excluding carboxylic acids is 1. The monoisotopic (exact) mass is 439 g/mol. The molecule has 0 spiro atoms. The molecule has 2 fully saturated rings. The minimum absolute atomic E-state index is 0.244. The summed E-state index contributed by atoms with van der Waals surface area (Å²) in [5, 5.41) is 7.27. The Bertz CT molecular complexity index is 895. The highest BCUT2D eigenvalue weighted by atomic mass is 16.5. The third-order valence-corrected chi connectivity index (χ3v) is 7.12. The van der Waals surface area contributed by atoms with Gasteiger partial charge in [0.2, 0.25) is 11.9 Å². The third-order valence-electron chi connectivity index (χ3n) is 7.12. The van der Waals surface area contributed by atoms with Gasteiger partial charge in [-0.2, -0.15) is 0 Å². The minimum Gasteiger partial charge on any atom is -0.356 e. The molecule has 7 nitrogen and oxygen atoms in total. The summed E-state index contributed by atoms with van der Waals surface area (Å²) < 4.78 is 5.54. The van der Waals surface area contributed by atoms with Crippen molar-refractivity contribution in [1.29, 1.82) is 0 Å². The standard InChI is InChI=1S/C25H37N5O2/c1-17-13-22(32-29-17)21-16-27-25(30(2)3)28-24(21)20-11-9-19(10-12-20)15-26-23(31)14-18-7-5-4-6-8-18/h13,16,18-20H,4-12,14-15H2,1-3H3,(H,26,31). The first-order chi connectivity index (χ1) is 15.5. The molecule has 4 rings (SSSR count). The number of hydrogen-bond donors (Lipinski definition) is 1. The van der Waals surface area contributed by atoms with Gasteiger partial charge in [-0.05, 0) is 57.3 Å². The number of nitrogens with zero attached hydrogens (tertiary/aromatic N) is 4. The number of aryl methyl sites for hydroxylation is 1. The van der Waals surface area contributed by atoms with E-state index in [-0.39, 0.29) is 5.91 Å². The van der Waals surface area contributed by atoms with E-state index >= 15 is 0 Å². The molecule has 2 aromatic heterocycles. The van der Waals surface area contributed by atoms with Gasteiger partial charge in [0.15, 0.2) is 5.76 Å². The molecule has 174 valence electrons. The van der Waals surface area contributed by atoms with E-state index in [0.717, 1.165) is 60.9 Å². The molecule has 0 bridgehead atoms. The summed E-state index contributed by atoms with van der Waals surface area (Å²) in [5.41, 5.74) is 2.86. The lowest BCUT2D eigenvalue weighted by Gasteiger charge is -2.29. The van der Waals surface area contributed by atoms with Crippen LogP contribution < -0.4 is 10.2 Å². The summed E-state index contributed by atoms with van der Waals surface area (Å²) in [4.78, 5) is 23.7. The number of anilines is 1. The lowest BCUT2D eigenvalue weighted by molar-refractivity contribution is -0.122. The lowest BCUT2D eigenvalue weighted by atomic mass is 9.79. The number of aromatic nitrogens is 3. The Morgan fingerprint density at radius 1 is 1.09 bits per heavy atom. The smallest absolute Gasteiger partial charge is 0.225 e. The average Bonchev–Trinajstić information content (AvgIpc) is 3.24. The third kappa shape index (κ3) is 5.67. The highest BCUT2D eigenvalue weighted by molar-refractivity contribution is 5.76. The van der Waals surface area contributed by atoms with Crippen molar-refractivity contribution in [3.63, 3.8) is 0 Å². The van der Waals surface area contributed by atoms with Gasteiger partial charge in [-0.15, -0.1) is 0 Å². The molecule has 2 aromatic rings. The molecule has 2 heterocycles.